The van der Waals surface area contributed by atoms with Crippen LogP contribution < -0.4 is 0 Å². The third-order valence-corrected chi connectivity index (χ3v) is 5.00. The predicted molar refractivity (Wildman–Crippen MR) is 115 cm³/mol. The van der Waals surface area contributed by atoms with E-state index in [0.29, 0.717) is 6.61 Å². The fourth-order valence-corrected chi connectivity index (χ4v) is 3.02. The van der Waals surface area contributed by atoms with Gasteiger partial charge >= 0.3 is 17.9 Å². The molecular weight excluding hydrogens is 388 g/mol. The van der Waals surface area contributed by atoms with Crippen LogP contribution in [0.1, 0.15) is 91.4 Å². The highest BCUT2D eigenvalue weighted by Gasteiger charge is 2.35. The van der Waals surface area contributed by atoms with E-state index in [1.54, 1.807) is 6.92 Å². The maximum Gasteiger partial charge on any atom is 0.310 e. The molecule has 1 N–H and O–H groups in total. The van der Waals surface area contributed by atoms with Crippen LogP contribution in [0.4, 0.5) is 0 Å². The molecule has 0 fully saturated rings. The molecule has 7 nitrogen and oxygen atoms in total. The number of carbonyl (C=O) groups excluding carboxylic acids is 3. The maximum absolute atomic E-state index is 12.5. The molecule has 0 aromatic carbocycles. The Balaban J connectivity index is 4.62. The fraction of sp³-hybridized carbons (Fsp3) is 0.870. The molecule has 2 atom stereocenters. The van der Waals surface area contributed by atoms with Gasteiger partial charge in [-0.05, 0) is 12.8 Å². The second kappa shape index (κ2) is 19.3. The summed E-state index contributed by atoms with van der Waals surface area (Å²) in [5.74, 6) is -3.51. The SMILES string of the molecule is CCCCCCCOC(=O)C(C)C(CC(=O)OCCO)C(=O)OCCCCCCC. The molecular formula is C23H42O7. The average molecular weight is 431 g/mol. The highest BCUT2D eigenvalue weighted by molar-refractivity contribution is 5.85. The number of aliphatic hydroxyl groups excluding tert-OH is 1. The van der Waals surface area contributed by atoms with Gasteiger partial charge in [0.25, 0.3) is 0 Å². The molecule has 30 heavy (non-hydrogen) atoms. The molecule has 0 aliphatic heterocycles. The van der Waals surface area contributed by atoms with E-state index in [2.05, 4.69) is 13.8 Å². The zero-order valence-electron chi connectivity index (χ0n) is 19.2. The van der Waals surface area contributed by atoms with Crippen molar-refractivity contribution in [2.75, 3.05) is 26.4 Å². The smallest absolute Gasteiger partial charge is 0.310 e. The standard InChI is InChI=1S/C23H42O7/c1-4-6-8-10-12-15-29-22(26)19(3)20(18-21(25)28-17-14-24)23(27)30-16-13-11-9-7-5-2/h19-20,24H,4-18H2,1-3H3. The summed E-state index contributed by atoms with van der Waals surface area (Å²) in [6, 6.07) is 0. The molecule has 0 spiro atoms. The summed E-state index contributed by atoms with van der Waals surface area (Å²) in [5, 5.41) is 8.79. The molecule has 0 heterocycles. The van der Waals surface area contributed by atoms with Gasteiger partial charge in [0.15, 0.2) is 0 Å². The van der Waals surface area contributed by atoms with Crippen molar-refractivity contribution in [3.05, 3.63) is 0 Å². The lowest BCUT2D eigenvalue weighted by molar-refractivity contribution is -0.164. The second-order valence-corrected chi connectivity index (χ2v) is 7.71. The Labute approximate surface area is 181 Å². The van der Waals surface area contributed by atoms with Crippen molar-refractivity contribution in [1.82, 2.24) is 0 Å². The highest BCUT2D eigenvalue weighted by Crippen LogP contribution is 2.21. The Bertz CT molecular complexity index is 464. The van der Waals surface area contributed by atoms with Gasteiger partial charge in [0.2, 0.25) is 0 Å². The molecule has 0 saturated carbocycles. The van der Waals surface area contributed by atoms with E-state index < -0.39 is 29.7 Å². The van der Waals surface area contributed by atoms with Crippen molar-refractivity contribution in [2.45, 2.75) is 91.4 Å². The molecule has 7 heteroatoms. The summed E-state index contributed by atoms with van der Waals surface area (Å²) in [7, 11) is 0. The number of rotatable bonds is 19. The lowest BCUT2D eigenvalue weighted by atomic mass is 9.91. The third-order valence-electron chi connectivity index (χ3n) is 5.00. The third kappa shape index (κ3) is 14.4. The summed E-state index contributed by atoms with van der Waals surface area (Å²) in [6.07, 6.45) is 10.0. The van der Waals surface area contributed by atoms with Crippen LogP contribution in [0.15, 0.2) is 0 Å². The lowest BCUT2D eigenvalue weighted by Crippen LogP contribution is -2.33. The fourth-order valence-electron chi connectivity index (χ4n) is 3.02. The molecule has 0 saturated heterocycles. The zero-order chi connectivity index (χ0) is 22.6. The number of carbonyl (C=O) groups is 3. The van der Waals surface area contributed by atoms with Crippen LogP contribution in [0.2, 0.25) is 0 Å². The van der Waals surface area contributed by atoms with E-state index in [1.807, 2.05) is 0 Å². The summed E-state index contributed by atoms with van der Waals surface area (Å²) in [5.41, 5.74) is 0. The molecule has 0 aromatic rings. The molecule has 0 rings (SSSR count). The first-order valence-corrected chi connectivity index (χ1v) is 11.6. The van der Waals surface area contributed by atoms with E-state index in [4.69, 9.17) is 19.3 Å². The Hall–Kier alpha value is -1.63. The minimum Gasteiger partial charge on any atom is -0.465 e. The minimum atomic E-state index is -0.959. The van der Waals surface area contributed by atoms with E-state index in [0.717, 1.165) is 64.2 Å². The van der Waals surface area contributed by atoms with Crippen molar-refractivity contribution in [3.8, 4) is 0 Å². The van der Waals surface area contributed by atoms with Gasteiger partial charge in [0.05, 0.1) is 38.1 Å². The van der Waals surface area contributed by atoms with Gasteiger partial charge in [-0.3, -0.25) is 14.4 Å². The largest absolute Gasteiger partial charge is 0.465 e. The first-order valence-electron chi connectivity index (χ1n) is 11.6. The van der Waals surface area contributed by atoms with Crippen LogP contribution in [0.5, 0.6) is 0 Å². The Morgan fingerprint density at radius 2 is 1.20 bits per heavy atom. The molecule has 176 valence electrons. The first-order chi connectivity index (χ1) is 14.5. The van der Waals surface area contributed by atoms with Crippen LogP contribution in [0.25, 0.3) is 0 Å². The monoisotopic (exact) mass is 430 g/mol. The minimum absolute atomic E-state index is 0.144. The Kier molecular flexibility index (Phi) is 18.3. The van der Waals surface area contributed by atoms with Gasteiger partial charge in [-0.15, -0.1) is 0 Å². The number of hydrogen-bond donors (Lipinski definition) is 1. The van der Waals surface area contributed by atoms with Crippen LogP contribution in [-0.4, -0.2) is 49.4 Å². The Morgan fingerprint density at radius 1 is 0.700 bits per heavy atom. The molecule has 2 unspecified atom stereocenters. The Morgan fingerprint density at radius 3 is 1.70 bits per heavy atom. The summed E-state index contributed by atoms with van der Waals surface area (Å²) >= 11 is 0. The van der Waals surface area contributed by atoms with Crippen LogP contribution in [-0.2, 0) is 28.6 Å². The number of aliphatic hydroxyl groups is 1. The van der Waals surface area contributed by atoms with Crippen LogP contribution >= 0.6 is 0 Å². The zero-order valence-corrected chi connectivity index (χ0v) is 19.2. The van der Waals surface area contributed by atoms with Gasteiger partial charge in [-0.2, -0.15) is 0 Å². The lowest BCUT2D eigenvalue weighted by Gasteiger charge is -2.21. The summed E-state index contributed by atoms with van der Waals surface area (Å²) < 4.78 is 15.5. The normalized spacial score (nSPS) is 12.8. The van der Waals surface area contributed by atoms with Crippen LogP contribution in [0, 0.1) is 11.8 Å². The number of esters is 3. The topological polar surface area (TPSA) is 99.1 Å². The van der Waals surface area contributed by atoms with Crippen molar-refractivity contribution in [3.63, 3.8) is 0 Å². The van der Waals surface area contributed by atoms with Gasteiger partial charge in [0.1, 0.15) is 6.61 Å². The molecule has 0 bridgehead atoms. The van der Waals surface area contributed by atoms with Gasteiger partial charge in [-0.1, -0.05) is 72.1 Å². The number of ether oxygens (including phenoxy) is 3. The quantitative estimate of drug-likeness (QED) is 0.186. The van der Waals surface area contributed by atoms with Crippen molar-refractivity contribution < 1.29 is 33.7 Å². The molecule has 0 aromatic heterocycles. The highest BCUT2D eigenvalue weighted by atomic mass is 16.5. The first kappa shape index (κ1) is 28.4. The number of unbranched alkanes of at least 4 members (excludes halogenated alkanes) is 8. The summed E-state index contributed by atoms with van der Waals surface area (Å²) in [6.45, 7) is 5.98. The van der Waals surface area contributed by atoms with E-state index in [9.17, 15) is 14.4 Å². The van der Waals surface area contributed by atoms with E-state index >= 15 is 0 Å². The van der Waals surface area contributed by atoms with Crippen molar-refractivity contribution in [2.24, 2.45) is 11.8 Å². The van der Waals surface area contributed by atoms with Crippen molar-refractivity contribution >= 4 is 17.9 Å². The maximum atomic E-state index is 12.5. The van der Waals surface area contributed by atoms with Gasteiger partial charge in [0, 0.05) is 0 Å². The number of hydrogen-bond acceptors (Lipinski definition) is 7. The average Bonchev–Trinajstić information content (AvgIpc) is 2.74. The van der Waals surface area contributed by atoms with Crippen molar-refractivity contribution in [1.29, 1.82) is 0 Å². The second-order valence-electron chi connectivity index (χ2n) is 7.71. The molecule has 0 radical (unpaired) electrons. The molecule has 0 aliphatic carbocycles. The molecule has 0 aliphatic rings. The van der Waals surface area contributed by atoms with E-state index in [1.165, 1.54) is 0 Å². The summed E-state index contributed by atoms with van der Waals surface area (Å²) in [4.78, 5) is 36.9. The van der Waals surface area contributed by atoms with E-state index in [-0.39, 0.29) is 26.2 Å². The van der Waals surface area contributed by atoms with Crippen LogP contribution in [0.3, 0.4) is 0 Å². The van der Waals surface area contributed by atoms with Gasteiger partial charge in [-0.25, -0.2) is 0 Å². The molecule has 0 amide bonds. The van der Waals surface area contributed by atoms with Gasteiger partial charge < -0.3 is 19.3 Å². The predicted octanol–water partition coefficient (Wildman–Crippen LogP) is 4.19.